The van der Waals surface area contributed by atoms with Crippen molar-refractivity contribution in [2.75, 3.05) is 13.7 Å². The molecule has 1 aliphatic carbocycles. The van der Waals surface area contributed by atoms with E-state index in [-0.39, 0.29) is 6.61 Å². The lowest BCUT2D eigenvalue weighted by molar-refractivity contribution is -0.139. The molecule has 2 unspecified atom stereocenters. The van der Waals surface area contributed by atoms with Gasteiger partial charge in [0.15, 0.2) is 5.75 Å². The number of aliphatic carboxylic acids is 1. The summed E-state index contributed by atoms with van der Waals surface area (Å²) in [5.41, 5.74) is 1.18. The Labute approximate surface area is 140 Å². The molecule has 1 fully saturated rings. The first-order valence-corrected chi connectivity index (χ1v) is 7.76. The minimum atomic E-state index is -0.800. The summed E-state index contributed by atoms with van der Waals surface area (Å²) in [7, 11) is 1.60. The minimum absolute atomic E-state index is 0.281. The summed E-state index contributed by atoms with van der Waals surface area (Å²) in [5.74, 6) is 0.762. The fourth-order valence-electron chi connectivity index (χ4n) is 3.03. The molecule has 0 spiro atoms. The predicted molar refractivity (Wildman–Crippen MR) is 87.4 cm³/mol. The fourth-order valence-corrected chi connectivity index (χ4v) is 3.03. The van der Waals surface area contributed by atoms with Crippen molar-refractivity contribution in [2.24, 2.45) is 5.92 Å². The Balaban J connectivity index is 1.83. The maximum Gasteiger partial charge on any atom is 0.307 e. The number of hydrogen-bond acceptors (Lipinski definition) is 5. The molecular weight excluding hydrogens is 308 g/mol. The molecular formula is C18H20N2O4. The smallest absolute Gasteiger partial charge is 0.307 e. The van der Waals surface area contributed by atoms with Gasteiger partial charge in [-0.2, -0.15) is 0 Å². The molecule has 1 aromatic heterocycles. The van der Waals surface area contributed by atoms with Crippen LogP contribution in [0.25, 0.3) is 0 Å². The summed E-state index contributed by atoms with van der Waals surface area (Å²) in [4.78, 5) is 19.9. The van der Waals surface area contributed by atoms with E-state index in [4.69, 9.17) is 9.47 Å². The lowest BCUT2D eigenvalue weighted by Crippen LogP contribution is -2.23. The molecule has 0 saturated heterocycles. The van der Waals surface area contributed by atoms with Gasteiger partial charge >= 0.3 is 5.97 Å². The topological polar surface area (TPSA) is 81.5 Å². The van der Waals surface area contributed by atoms with Crippen molar-refractivity contribution in [2.45, 2.75) is 25.7 Å². The standard InChI is InChI=1S/C18H20N2O4/c1-11-16(9-19-12(2)20-11)24-10-18(8-15(18)17(21)22)13-4-6-14(23-3)7-5-13/h4-7,9,15H,8,10H2,1-3H3,(H,21,22). The molecule has 24 heavy (non-hydrogen) atoms. The van der Waals surface area contributed by atoms with Gasteiger partial charge in [-0.1, -0.05) is 12.1 Å². The van der Waals surface area contributed by atoms with Crippen molar-refractivity contribution < 1.29 is 19.4 Å². The van der Waals surface area contributed by atoms with Crippen LogP contribution in [0.4, 0.5) is 0 Å². The number of carboxylic acids is 1. The summed E-state index contributed by atoms with van der Waals surface area (Å²) in [6.45, 7) is 3.95. The normalized spacial score (nSPS) is 22.0. The monoisotopic (exact) mass is 328 g/mol. The van der Waals surface area contributed by atoms with Crippen LogP contribution in [0.5, 0.6) is 11.5 Å². The number of carboxylic acid groups (broad SMARTS) is 1. The molecule has 126 valence electrons. The average Bonchev–Trinajstić information content (AvgIpc) is 3.30. The maximum absolute atomic E-state index is 11.5. The lowest BCUT2D eigenvalue weighted by atomic mass is 9.94. The van der Waals surface area contributed by atoms with E-state index >= 15 is 0 Å². The summed E-state index contributed by atoms with van der Waals surface area (Å²) in [6.07, 6.45) is 2.19. The molecule has 0 radical (unpaired) electrons. The highest BCUT2D eigenvalue weighted by Gasteiger charge is 2.60. The van der Waals surface area contributed by atoms with Crippen LogP contribution >= 0.6 is 0 Å². The zero-order chi connectivity index (χ0) is 17.3. The van der Waals surface area contributed by atoms with Gasteiger partial charge in [0.1, 0.15) is 11.6 Å². The van der Waals surface area contributed by atoms with Crippen molar-refractivity contribution in [3.8, 4) is 11.5 Å². The lowest BCUT2D eigenvalue weighted by Gasteiger charge is -2.19. The van der Waals surface area contributed by atoms with Crippen LogP contribution < -0.4 is 9.47 Å². The number of nitrogens with zero attached hydrogens (tertiary/aromatic N) is 2. The van der Waals surface area contributed by atoms with Crippen molar-refractivity contribution in [1.82, 2.24) is 9.97 Å². The summed E-state index contributed by atoms with van der Waals surface area (Å²) in [6, 6.07) is 7.50. The molecule has 3 rings (SSSR count). The van der Waals surface area contributed by atoms with Crippen molar-refractivity contribution in [3.05, 3.63) is 47.5 Å². The van der Waals surface area contributed by atoms with Gasteiger partial charge in [-0.15, -0.1) is 0 Å². The van der Waals surface area contributed by atoms with Crippen molar-refractivity contribution in [1.29, 1.82) is 0 Å². The summed E-state index contributed by atoms with van der Waals surface area (Å²) < 4.78 is 11.1. The highest BCUT2D eigenvalue weighted by Crippen LogP contribution is 2.54. The molecule has 2 aromatic rings. The molecule has 2 atom stereocenters. The average molecular weight is 328 g/mol. The van der Waals surface area contributed by atoms with E-state index in [0.717, 1.165) is 17.0 Å². The molecule has 1 heterocycles. The van der Waals surface area contributed by atoms with Crippen molar-refractivity contribution in [3.63, 3.8) is 0 Å². The maximum atomic E-state index is 11.5. The van der Waals surface area contributed by atoms with Gasteiger partial charge in [-0.25, -0.2) is 9.97 Å². The Morgan fingerprint density at radius 3 is 2.58 bits per heavy atom. The van der Waals surface area contributed by atoms with Gasteiger partial charge in [0, 0.05) is 5.41 Å². The Bertz CT molecular complexity index is 760. The van der Waals surface area contributed by atoms with Crippen LogP contribution in [0, 0.1) is 19.8 Å². The fraction of sp³-hybridized carbons (Fsp3) is 0.389. The van der Waals surface area contributed by atoms with E-state index in [0.29, 0.717) is 18.0 Å². The van der Waals surface area contributed by atoms with Gasteiger partial charge in [0.05, 0.1) is 31.5 Å². The number of hydrogen-bond donors (Lipinski definition) is 1. The highest BCUT2D eigenvalue weighted by atomic mass is 16.5. The molecule has 1 aliphatic rings. The largest absolute Gasteiger partial charge is 0.497 e. The molecule has 6 heteroatoms. The van der Waals surface area contributed by atoms with Gasteiger partial charge in [0.2, 0.25) is 0 Å². The van der Waals surface area contributed by atoms with Crippen LogP contribution in [-0.2, 0) is 10.2 Å². The van der Waals surface area contributed by atoms with E-state index in [2.05, 4.69) is 9.97 Å². The number of aryl methyl sites for hydroxylation is 2. The van der Waals surface area contributed by atoms with E-state index in [1.165, 1.54) is 0 Å². The van der Waals surface area contributed by atoms with Crippen LogP contribution in [0.2, 0.25) is 0 Å². The molecule has 0 aliphatic heterocycles. The van der Waals surface area contributed by atoms with Crippen LogP contribution in [-0.4, -0.2) is 34.8 Å². The Morgan fingerprint density at radius 1 is 1.33 bits per heavy atom. The molecule has 0 bridgehead atoms. The summed E-state index contributed by atoms with van der Waals surface area (Å²) >= 11 is 0. The SMILES string of the molecule is COc1ccc(C2(COc3cnc(C)nc3C)CC2C(=O)O)cc1. The summed E-state index contributed by atoms with van der Waals surface area (Å²) in [5, 5.41) is 9.43. The van der Waals surface area contributed by atoms with Crippen LogP contribution in [0.1, 0.15) is 23.5 Å². The van der Waals surface area contributed by atoms with Gasteiger partial charge in [-0.3, -0.25) is 4.79 Å². The Morgan fingerprint density at radius 2 is 2.04 bits per heavy atom. The second-order valence-corrected chi connectivity index (χ2v) is 6.14. The zero-order valence-electron chi connectivity index (χ0n) is 13.9. The number of aromatic nitrogens is 2. The second-order valence-electron chi connectivity index (χ2n) is 6.14. The number of ether oxygens (including phenoxy) is 2. The Kier molecular flexibility index (Phi) is 4.13. The van der Waals surface area contributed by atoms with Crippen LogP contribution in [0.15, 0.2) is 30.5 Å². The number of carbonyl (C=O) groups is 1. The van der Waals surface area contributed by atoms with E-state index < -0.39 is 17.3 Å². The second kappa shape index (κ2) is 6.11. The molecule has 0 amide bonds. The Hall–Kier alpha value is -2.63. The third kappa shape index (κ3) is 2.91. The number of methoxy groups -OCH3 is 1. The number of benzene rings is 1. The van der Waals surface area contributed by atoms with E-state index in [1.54, 1.807) is 13.3 Å². The predicted octanol–water partition coefficient (Wildman–Crippen LogP) is 2.52. The number of rotatable bonds is 6. The highest BCUT2D eigenvalue weighted by molar-refractivity contribution is 5.77. The van der Waals surface area contributed by atoms with E-state index in [1.807, 2.05) is 38.1 Å². The van der Waals surface area contributed by atoms with Crippen molar-refractivity contribution >= 4 is 5.97 Å². The molecule has 1 N–H and O–H groups in total. The van der Waals surface area contributed by atoms with Gasteiger partial charge in [-0.05, 0) is 38.0 Å². The third-order valence-electron chi connectivity index (χ3n) is 4.58. The quantitative estimate of drug-likeness (QED) is 0.877. The van der Waals surface area contributed by atoms with Gasteiger partial charge in [0.25, 0.3) is 0 Å². The minimum Gasteiger partial charge on any atom is -0.497 e. The van der Waals surface area contributed by atoms with Gasteiger partial charge < -0.3 is 14.6 Å². The first-order chi connectivity index (χ1) is 11.5. The first-order valence-electron chi connectivity index (χ1n) is 7.76. The molecule has 6 nitrogen and oxygen atoms in total. The zero-order valence-corrected chi connectivity index (χ0v) is 13.9. The molecule has 1 saturated carbocycles. The third-order valence-corrected chi connectivity index (χ3v) is 4.58. The molecule has 1 aromatic carbocycles. The van der Waals surface area contributed by atoms with E-state index in [9.17, 15) is 9.90 Å². The van der Waals surface area contributed by atoms with Crippen LogP contribution in [0.3, 0.4) is 0 Å². The first kappa shape index (κ1) is 16.2.